The van der Waals surface area contributed by atoms with Crippen LogP contribution in [-0.4, -0.2) is 89.2 Å². The maximum atomic E-state index is 13.2. The average molecular weight is 1120 g/mol. The first-order valence-corrected chi connectivity index (χ1v) is 33.7. The topological polar surface area (TPSA) is 175 Å². The molecule has 0 bridgehead atoms. The van der Waals surface area contributed by atoms with Crippen molar-refractivity contribution in [3.8, 4) is 0 Å². The molecule has 12 nitrogen and oxygen atoms in total. The summed E-state index contributed by atoms with van der Waals surface area (Å²) < 4.78 is 28.6. The molecule has 464 valence electrons. The summed E-state index contributed by atoms with van der Waals surface area (Å²) in [4.78, 5) is 51.3. The maximum Gasteiger partial charge on any atom is 0.335 e. The standard InChI is InChI=1S/C67H124O12/c1-4-7-10-13-16-19-22-25-28-30-33-35-38-41-44-47-50-53-59(68)75-56-58(77-60(69)54-51-48-45-42-39-36-32-27-24-21-18-15-12-9-6-3)57-76-67-65(63(72)62(71)64(79-67)66(73)74)78-61(70)55-52-49-46-43-40-37-34-31-29-26-23-20-17-14-11-8-5-2/h25,28,58,62-65,67,71-72H,4-24,26-27,29-57H2,1-3H3,(H,73,74)/b28-25-. The number of allylic oxidation sites excluding steroid dienone is 2. The Morgan fingerprint density at radius 1 is 0.405 bits per heavy atom. The molecule has 79 heavy (non-hydrogen) atoms. The number of esters is 3. The van der Waals surface area contributed by atoms with Gasteiger partial charge < -0.3 is 39.0 Å². The highest BCUT2D eigenvalue weighted by atomic mass is 16.7. The molecule has 6 unspecified atom stereocenters. The lowest BCUT2D eigenvalue weighted by molar-refractivity contribution is -0.301. The van der Waals surface area contributed by atoms with Gasteiger partial charge in [-0.1, -0.05) is 290 Å². The maximum absolute atomic E-state index is 13.2. The Morgan fingerprint density at radius 2 is 0.722 bits per heavy atom. The fourth-order valence-electron chi connectivity index (χ4n) is 10.7. The van der Waals surface area contributed by atoms with Gasteiger partial charge in [-0.05, 0) is 44.9 Å². The van der Waals surface area contributed by atoms with E-state index in [9.17, 15) is 34.5 Å². The molecular weight excluding hydrogens is 997 g/mol. The number of unbranched alkanes of at least 4 members (excludes halogenated alkanes) is 43. The van der Waals surface area contributed by atoms with E-state index in [0.717, 1.165) is 64.2 Å². The molecule has 1 heterocycles. The Kier molecular flexibility index (Phi) is 52.8. The van der Waals surface area contributed by atoms with Crippen LogP contribution in [0.5, 0.6) is 0 Å². The molecule has 0 aromatic carbocycles. The summed E-state index contributed by atoms with van der Waals surface area (Å²) in [6.07, 6.45) is 51.6. The molecule has 0 saturated carbocycles. The molecule has 1 aliphatic rings. The molecule has 1 saturated heterocycles. The fourth-order valence-corrected chi connectivity index (χ4v) is 10.7. The molecule has 0 spiro atoms. The van der Waals surface area contributed by atoms with Crippen LogP contribution in [0.15, 0.2) is 12.2 Å². The van der Waals surface area contributed by atoms with Crippen LogP contribution in [0, 0.1) is 0 Å². The van der Waals surface area contributed by atoms with Crippen LogP contribution in [0.1, 0.15) is 342 Å². The quantitative estimate of drug-likeness (QED) is 0.0228. The van der Waals surface area contributed by atoms with Gasteiger partial charge in [-0.15, -0.1) is 0 Å². The monoisotopic (exact) mass is 1120 g/mol. The number of carbonyl (C=O) groups excluding carboxylic acids is 3. The van der Waals surface area contributed by atoms with Crippen molar-refractivity contribution in [3.05, 3.63) is 12.2 Å². The van der Waals surface area contributed by atoms with Gasteiger partial charge in [-0.25, -0.2) is 4.79 Å². The van der Waals surface area contributed by atoms with Gasteiger partial charge in [0.2, 0.25) is 0 Å². The Hall–Kier alpha value is -2.54. The van der Waals surface area contributed by atoms with Crippen molar-refractivity contribution < 1.29 is 58.2 Å². The molecule has 0 radical (unpaired) electrons. The van der Waals surface area contributed by atoms with E-state index in [1.165, 1.54) is 218 Å². The first-order valence-electron chi connectivity index (χ1n) is 33.7. The van der Waals surface area contributed by atoms with Crippen LogP contribution in [0.2, 0.25) is 0 Å². The predicted octanol–water partition coefficient (Wildman–Crippen LogP) is 18.0. The van der Waals surface area contributed by atoms with Crippen molar-refractivity contribution in [1.29, 1.82) is 0 Å². The minimum Gasteiger partial charge on any atom is -0.479 e. The smallest absolute Gasteiger partial charge is 0.335 e. The van der Waals surface area contributed by atoms with Crippen molar-refractivity contribution in [2.24, 2.45) is 0 Å². The minimum atomic E-state index is -1.90. The number of aliphatic hydroxyl groups excluding tert-OH is 2. The summed E-state index contributed by atoms with van der Waals surface area (Å²) in [6, 6.07) is 0. The van der Waals surface area contributed by atoms with Crippen molar-refractivity contribution in [1.82, 2.24) is 0 Å². The predicted molar refractivity (Wildman–Crippen MR) is 322 cm³/mol. The Bertz CT molecular complexity index is 1420. The van der Waals surface area contributed by atoms with Gasteiger partial charge in [0.1, 0.15) is 18.8 Å². The van der Waals surface area contributed by atoms with Crippen molar-refractivity contribution >= 4 is 23.9 Å². The number of carboxylic acids is 1. The number of carbonyl (C=O) groups is 4. The number of hydrogen-bond acceptors (Lipinski definition) is 11. The second kappa shape index (κ2) is 56.0. The summed E-state index contributed by atoms with van der Waals surface area (Å²) in [6.45, 7) is 6.06. The highest BCUT2D eigenvalue weighted by Crippen LogP contribution is 2.27. The molecule has 0 amide bonds. The zero-order valence-corrected chi connectivity index (χ0v) is 51.4. The Balaban J connectivity index is 2.63. The lowest BCUT2D eigenvalue weighted by Gasteiger charge is -2.40. The van der Waals surface area contributed by atoms with Crippen LogP contribution in [0.4, 0.5) is 0 Å². The largest absolute Gasteiger partial charge is 0.479 e. The van der Waals surface area contributed by atoms with E-state index < -0.39 is 67.3 Å². The van der Waals surface area contributed by atoms with Crippen LogP contribution < -0.4 is 0 Å². The zero-order valence-electron chi connectivity index (χ0n) is 51.4. The number of aliphatic hydroxyl groups is 2. The number of carboxylic acid groups (broad SMARTS) is 1. The second-order valence-corrected chi connectivity index (χ2v) is 23.5. The minimum absolute atomic E-state index is 0.0692. The van der Waals surface area contributed by atoms with Gasteiger partial charge in [0.05, 0.1) is 6.61 Å². The van der Waals surface area contributed by atoms with E-state index in [0.29, 0.717) is 19.3 Å². The molecule has 6 atom stereocenters. The zero-order chi connectivity index (χ0) is 57.5. The van der Waals surface area contributed by atoms with Crippen LogP contribution in [0.25, 0.3) is 0 Å². The van der Waals surface area contributed by atoms with Gasteiger partial charge in [0.15, 0.2) is 24.6 Å². The lowest BCUT2D eigenvalue weighted by Crippen LogP contribution is -2.61. The van der Waals surface area contributed by atoms with Gasteiger partial charge >= 0.3 is 23.9 Å². The Labute approximate surface area is 484 Å². The van der Waals surface area contributed by atoms with Gasteiger partial charge in [0.25, 0.3) is 0 Å². The van der Waals surface area contributed by atoms with Gasteiger partial charge in [-0.3, -0.25) is 14.4 Å². The summed E-state index contributed by atoms with van der Waals surface area (Å²) in [5.41, 5.74) is 0. The van der Waals surface area contributed by atoms with Crippen LogP contribution in [-0.2, 0) is 42.9 Å². The number of ether oxygens (including phenoxy) is 5. The summed E-state index contributed by atoms with van der Waals surface area (Å²) >= 11 is 0. The Morgan fingerprint density at radius 3 is 1.08 bits per heavy atom. The molecule has 0 aromatic rings. The van der Waals surface area contributed by atoms with E-state index in [4.69, 9.17) is 23.7 Å². The van der Waals surface area contributed by atoms with E-state index >= 15 is 0 Å². The van der Waals surface area contributed by atoms with E-state index in [1.54, 1.807) is 0 Å². The average Bonchev–Trinajstić information content (AvgIpc) is 3.47. The van der Waals surface area contributed by atoms with E-state index in [-0.39, 0.29) is 25.9 Å². The van der Waals surface area contributed by atoms with Crippen molar-refractivity contribution in [2.75, 3.05) is 13.2 Å². The highest BCUT2D eigenvalue weighted by Gasteiger charge is 2.50. The molecule has 1 rings (SSSR count). The van der Waals surface area contributed by atoms with Crippen LogP contribution in [0.3, 0.4) is 0 Å². The highest BCUT2D eigenvalue weighted by molar-refractivity contribution is 5.74. The van der Waals surface area contributed by atoms with Gasteiger partial charge in [0, 0.05) is 19.3 Å². The third-order valence-electron chi connectivity index (χ3n) is 15.8. The molecule has 0 aromatic heterocycles. The second-order valence-electron chi connectivity index (χ2n) is 23.5. The van der Waals surface area contributed by atoms with Crippen molar-refractivity contribution in [2.45, 2.75) is 379 Å². The first kappa shape index (κ1) is 74.5. The van der Waals surface area contributed by atoms with Gasteiger partial charge in [-0.2, -0.15) is 0 Å². The third-order valence-corrected chi connectivity index (χ3v) is 15.8. The van der Waals surface area contributed by atoms with Crippen molar-refractivity contribution in [3.63, 3.8) is 0 Å². The molecular formula is C67H124O12. The molecule has 0 aliphatic carbocycles. The first-order chi connectivity index (χ1) is 38.6. The summed E-state index contributed by atoms with van der Waals surface area (Å²) in [5.74, 6) is -3.07. The third kappa shape index (κ3) is 45.6. The SMILES string of the molecule is CCCCCCCC/C=C\CCCCCCCCCC(=O)OCC(COC1OC(C(=O)O)C(O)C(O)C1OC(=O)CCCCCCCCCCCCCCCCCCC)OC(=O)CCCCCCCCCCCCCCCCC. The molecule has 1 aliphatic heterocycles. The normalized spacial score (nSPS) is 17.8. The molecule has 12 heteroatoms. The summed E-state index contributed by atoms with van der Waals surface area (Å²) in [5, 5.41) is 31.6. The lowest BCUT2D eigenvalue weighted by atomic mass is 9.98. The fraction of sp³-hybridized carbons (Fsp3) is 0.910. The van der Waals surface area contributed by atoms with Crippen LogP contribution >= 0.6 is 0 Å². The molecule has 1 fully saturated rings. The van der Waals surface area contributed by atoms with E-state index in [2.05, 4.69) is 32.9 Å². The molecule has 3 N–H and O–H groups in total. The number of rotatable bonds is 59. The van der Waals surface area contributed by atoms with E-state index in [1.807, 2.05) is 0 Å². The number of aliphatic carboxylic acids is 1. The number of hydrogen-bond donors (Lipinski definition) is 3. The summed E-state index contributed by atoms with van der Waals surface area (Å²) in [7, 11) is 0.